The van der Waals surface area contributed by atoms with E-state index in [0.717, 1.165) is 47.1 Å². The minimum atomic E-state index is -0.100. The van der Waals surface area contributed by atoms with Crippen LogP contribution in [-0.2, 0) is 0 Å². The van der Waals surface area contributed by atoms with Crippen LogP contribution in [0, 0.1) is 5.92 Å². The van der Waals surface area contributed by atoms with E-state index in [-0.39, 0.29) is 17.9 Å². The van der Waals surface area contributed by atoms with Crippen LogP contribution in [0.3, 0.4) is 0 Å². The number of carbonyl (C=O) groups excluding carboxylic acids is 1. The van der Waals surface area contributed by atoms with E-state index in [1.165, 1.54) is 15.3 Å². The van der Waals surface area contributed by atoms with Crippen LogP contribution in [0.15, 0.2) is 106 Å². The van der Waals surface area contributed by atoms with Crippen LogP contribution in [0.5, 0.6) is 0 Å². The number of hydrazone groups is 1. The quantitative estimate of drug-likeness (QED) is 0.233. The lowest BCUT2D eigenvalue weighted by molar-refractivity contribution is 0.0686. The van der Waals surface area contributed by atoms with Gasteiger partial charge >= 0.3 is 0 Å². The third-order valence-corrected chi connectivity index (χ3v) is 9.18. The molecule has 186 valence electrons. The molecule has 1 aliphatic heterocycles. The van der Waals surface area contributed by atoms with Crippen LogP contribution < -0.4 is 0 Å². The number of para-hydroxylation sites is 1. The molecule has 1 aliphatic carbocycles. The number of rotatable bonds is 4. The zero-order valence-corrected chi connectivity index (χ0v) is 22.3. The van der Waals surface area contributed by atoms with Gasteiger partial charge < -0.3 is 0 Å². The molecule has 0 bridgehead atoms. The Morgan fingerprint density at radius 3 is 2.55 bits per heavy atom. The van der Waals surface area contributed by atoms with Crippen molar-refractivity contribution in [2.24, 2.45) is 11.0 Å². The van der Waals surface area contributed by atoms with E-state index in [1.54, 1.807) is 27.7 Å². The molecule has 0 radical (unpaired) electrons. The summed E-state index contributed by atoms with van der Waals surface area (Å²) in [4.78, 5) is 21.8. The average Bonchev–Trinajstić information content (AvgIpc) is 3.74. The van der Waals surface area contributed by atoms with E-state index in [4.69, 9.17) is 10.1 Å². The zero-order valence-electron chi connectivity index (χ0n) is 20.7. The fourth-order valence-electron chi connectivity index (χ4n) is 5.68. The lowest BCUT2D eigenvalue weighted by atomic mass is 9.79. The van der Waals surface area contributed by atoms with Crippen molar-refractivity contribution in [2.45, 2.75) is 25.3 Å². The normalized spacial score (nSPS) is 20.1. The monoisotopic (exact) mass is 531 g/mol. The van der Waals surface area contributed by atoms with Gasteiger partial charge in [-0.3, -0.25) is 4.79 Å². The van der Waals surface area contributed by atoms with Crippen LogP contribution in [0.4, 0.5) is 0 Å². The van der Waals surface area contributed by atoms with Crippen LogP contribution >= 0.6 is 22.7 Å². The third-order valence-electron chi connectivity index (χ3n) is 7.42. The van der Waals surface area contributed by atoms with E-state index in [2.05, 4.69) is 41.1 Å². The summed E-state index contributed by atoms with van der Waals surface area (Å²) in [5, 5.41) is 11.9. The van der Waals surface area contributed by atoms with Crippen molar-refractivity contribution in [3.8, 4) is 11.3 Å². The molecule has 1 amide bonds. The first-order valence-electron chi connectivity index (χ1n) is 12.9. The summed E-state index contributed by atoms with van der Waals surface area (Å²) in [5.74, 6) is 0.121. The molecule has 2 unspecified atom stereocenters. The molecule has 2 aliphatic rings. The summed E-state index contributed by atoms with van der Waals surface area (Å²) in [6.07, 6.45) is 5.38. The molecule has 7 rings (SSSR count). The summed E-state index contributed by atoms with van der Waals surface area (Å²) in [5.41, 5.74) is 5.56. The number of benzene rings is 2. The third kappa shape index (κ3) is 4.10. The average molecular weight is 532 g/mol. The Bertz CT molecular complexity index is 1670. The Labute approximate surface area is 229 Å². The zero-order chi connectivity index (χ0) is 25.5. The fourth-order valence-corrected chi connectivity index (χ4v) is 7.24. The first-order valence-corrected chi connectivity index (χ1v) is 14.7. The molecule has 0 N–H and O–H groups in total. The molecule has 2 aromatic carbocycles. The van der Waals surface area contributed by atoms with Gasteiger partial charge in [0.25, 0.3) is 5.91 Å². The highest BCUT2D eigenvalue weighted by molar-refractivity contribution is 7.11. The van der Waals surface area contributed by atoms with E-state index in [9.17, 15) is 4.79 Å². The number of allylic oxidation sites excluding steroid dienone is 1. The van der Waals surface area contributed by atoms with E-state index < -0.39 is 0 Å². The number of thiophene rings is 2. The van der Waals surface area contributed by atoms with Gasteiger partial charge in [-0.15, -0.1) is 22.7 Å². The van der Waals surface area contributed by atoms with Gasteiger partial charge in [-0.1, -0.05) is 60.7 Å². The highest BCUT2D eigenvalue weighted by Gasteiger charge is 2.44. The lowest BCUT2D eigenvalue weighted by Gasteiger charge is -2.28. The summed E-state index contributed by atoms with van der Waals surface area (Å²) < 4.78 is 0. The van der Waals surface area contributed by atoms with Crippen LogP contribution in [-0.4, -0.2) is 21.6 Å². The molecular weight excluding hydrogens is 507 g/mol. The van der Waals surface area contributed by atoms with Gasteiger partial charge in [-0.05, 0) is 65.9 Å². The molecule has 3 aromatic heterocycles. The minimum Gasteiger partial charge on any atom is -0.267 e. The Kier molecular flexibility index (Phi) is 5.99. The molecular formula is C32H25N3OS2. The second-order valence-electron chi connectivity index (χ2n) is 9.72. The van der Waals surface area contributed by atoms with Gasteiger partial charge in [0.2, 0.25) is 0 Å². The highest BCUT2D eigenvalue weighted by atomic mass is 32.1. The van der Waals surface area contributed by atoms with Gasteiger partial charge in [-0.25, -0.2) is 9.99 Å². The topological polar surface area (TPSA) is 45.6 Å². The first kappa shape index (κ1) is 23.3. The molecule has 0 spiro atoms. The molecule has 38 heavy (non-hydrogen) atoms. The van der Waals surface area contributed by atoms with E-state index in [1.807, 2.05) is 60.7 Å². The van der Waals surface area contributed by atoms with Crippen molar-refractivity contribution in [3.05, 3.63) is 117 Å². The van der Waals surface area contributed by atoms with Crippen molar-refractivity contribution in [1.82, 2.24) is 9.99 Å². The predicted molar refractivity (Wildman–Crippen MR) is 157 cm³/mol. The van der Waals surface area contributed by atoms with Crippen molar-refractivity contribution < 1.29 is 4.79 Å². The number of pyridine rings is 1. The Morgan fingerprint density at radius 1 is 0.921 bits per heavy atom. The largest absolute Gasteiger partial charge is 0.275 e. The molecule has 1 saturated carbocycles. The maximum atomic E-state index is 14.5. The lowest BCUT2D eigenvalue weighted by Crippen LogP contribution is -2.31. The SMILES string of the molecule is O=C(c1cc(-c2ccccc2)nc2ccccc12)N1N=C2/C(=C\c3cccs3)CCCC2C1c1cccs1. The van der Waals surface area contributed by atoms with Crippen molar-refractivity contribution >= 4 is 51.3 Å². The van der Waals surface area contributed by atoms with Gasteiger partial charge in [0, 0.05) is 26.6 Å². The van der Waals surface area contributed by atoms with Gasteiger partial charge in [0.15, 0.2) is 0 Å². The fraction of sp³-hybridized carbons (Fsp3) is 0.156. The van der Waals surface area contributed by atoms with Gasteiger partial charge in [0.1, 0.15) is 0 Å². The molecule has 1 fully saturated rings. The molecule has 4 nitrogen and oxygen atoms in total. The van der Waals surface area contributed by atoms with E-state index in [0.29, 0.717) is 5.56 Å². The first-order chi connectivity index (χ1) is 18.8. The number of hydrogen-bond acceptors (Lipinski definition) is 5. The number of carbonyl (C=O) groups is 1. The molecule has 2 atom stereocenters. The van der Waals surface area contributed by atoms with Crippen LogP contribution in [0.25, 0.3) is 28.2 Å². The van der Waals surface area contributed by atoms with Crippen molar-refractivity contribution in [2.75, 3.05) is 0 Å². The maximum Gasteiger partial charge on any atom is 0.275 e. The number of nitrogens with zero attached hydrogens (tertiary/aromatic N) is 3. The number of aromatic nitrogens is 1. The molecule has 4 heterocycles. The predicted octanol–water partition coefficient (Wildman–Crippen LogP) is 8.46. The van der Waals surface area contributed by atoms with E-state index >= 15 is 0 Å². The smallest absolute Gasteiger partial charge is 0.267 e. The summed E-state index contributed by atoms with van der Waals surface area (Å²) in [7, 11) is 0. The van der Waals surface area contributed by atoms with Crippen molar-refractivity contribution in [3.63, 3.8) is 0 Å². The van der Waals surface area contributed by atoms with Gasteiger partial charge in [0.05, 0.1) is 28.5 Å². The number of amides is 1. The second kappa shape index (κ2) is 9.78. The van der Waals surface area contributed by atoms with Crippen molar-refractivity contribution in [1.29, 1.82) is 0 Å². The molecule has 0 saturated heterocycles. The van der Waals surface area contributed by atoms with Gasteiger partial charge in [-0.2, -0.15) is 5.10 Å². The summed E-state index contributed by atoms with van der Waals surface area (Å²) in [6.45, 7) is 0. The molecule has 6 heteroatoms. The Hall–Kier alpha value is -3.87. The maximum absolute atomic E-state index is 14.5. The number of hydrogen-bond donors (Lipinski definition) is 0. The van der Waals surface area contributed by atoms with Crippen LogP contribution in [0.1, 0.15) is 45.4 Å². The Morgan fingerprint density at radius 2 is 1.74 bits per heavy atom. The second-order valence-corrected chi connectivity index (χ2v) is 11.7. The number of fused-ring (bicyclic) bond motifs is 2. The minimum absolute atomic E-state index is 0.0726. The summed E-state index contributed by atoms with van der Waals surface area (Å²) in [6, 6.07) is 28.2. The molecule has 5 aromatic rings. The van der Waals surface area contributed by atoms with Crippen LogP contribution in [0.2, 0.25) is 0 Å². The summed E-state index contributed by atoms with van der Waals surface area (Å²) >= 11 is 3.44. The standard InChI is InChI=1S/C32H25N3OS2/c36-32(26-20-28(21-9-2-1-3-10-21)33-27-15-5-4-13-24(26)27)35-31(29-16-8-18-38-29)25-14-6-11-22(30(25)34-35)19-23-12-7-17-37-23/h1-5,7-10,12-13,15-20,25,31H,6,11,14H2/b22-19-. The Balaban J connectivity index is 1.37. The highest BCUT2D eigenvalue weighted by Crippen LogP contribution is 2.46.